The van der Waals surface area contributed by atoms with E-state index >= 15 is 0 Å². The molecule has 1 unspecified atom stereocenters. The van der Waals surface area contributed by atoms with E-state index in [0.29, 0.717) is 47.1 Å². The molecule has 0 radical (unpaired) electrons. The van der Waals surface area contributed by atoms with Crippen LogP contribution in [-0.2, 0) is 22.6 Å². The van der Waals surface area contributed by atoms with Gasteiger partial charge in [-0.15, -0.1) is 13.2 Å². The fourth-order valence-electron chi connectivity index (χ4n) is 4.04. The quantitative estimate of drug-likeness (QED) is 0.166. The Bertz CT molecular complexity index is 1330. The number of carbonyl (C=O) groups excluding carboxylic acids is 1. The van der Waals surface area contributed by atoms with Crippen LogP contribution in [0, 0.1) is 0 Å². The van der Waals surface area contributed by atoms with Crippen LogP contribution in [0.3, 0.4) is 0 Å². The highest BCUT2D eigenvalue weighted by Gasteiger charge is 2.35. The van der Waals surface area contributed by atoms with Crippen LogP contribution in [0.4, 0.5) is 13.2 Å². The third-order valence-electron chi connectivity index (χ3n) is 5.77. The van der Waals surface area contributed by atoms with Gasteiger partial charge in [-0.05, 0) is 47.4 Å². The van der Waals surface area contributed by atoms with Gasteiger partial charge in [0.1, 0.15) is 17.2 Å². The van der Waals surface area contributed by atoms with E-state index in [1.54, 1.807) is 24.3 Å². The summed E-state index contributed by atoms with van der Waals surface area (Å²) in [6.45, 7) is 0.964. The summed E-state index contributed by atoms with van der Waals surface area (Å²) in [5.74, 6) is -0.539. The number of ketones is 1. The molecule has 3 aromatic rings. The average molecular weight is 612 g/mol. The minimum absolute atomic E-state index is 0.0681. The van der Waals surface area contributed by atoms with Crippen molar-refractivity contribution in [3.05, 3.63) is 94.0 Å². The maximum Gasteiger partial charge on any atom is 0.573 e. The highest BCUT2D eigenvalue weighted by molar-refractivity contribution is 9.09. The Kier molecular flexibility index (Phi) is 9.02. The first kappa shape index (κ1) is 28.0. The normalized spacial score (nSPS) is 13.5. The minimum atomic E-state index is -4.91. The summed E-state index contributed by atoms with van der Waals surface area (Å²) < 4.78 is 59.5. The zero-order valence-corrected chi connectivity index (χ0v) is 22.5. The van der Waals surface area contributed by atoms with Crippen molar-refractivity contribution in [3.63, 3.8) is 0 Å². The number of ether oxygens (including phenoxy) is 4. The molecule has 0 N–H and O–H groups in total. The first-order valence-corrected chi connectivity index (χ1v) is 12.8. The lowest BCUT2D eigenvalue weighted by atomic mass is 9.97. The molecule has 1 aliphatic rings. The molecule has 0 aliphatic heterocycles. The van der Waals surface area contributed by atoms with Crippen molar-refractivity contribution in [3.8, 4) is 17.2 Å². The summed E-state index contributed by atoms with van der Waals surface area (Å²) in [4.78, 5) is 12.7. The number of allylic oxidation sites excluding steroid dienone is 2. The zero-order chi connectivity index (χ0) is 27.3. The fourth-order valence-corrected chi connectivity index (χ4v) is 4.82. The maximum absolute atomic E-state index is 13.5. The molecule has 1 aliphatic carbocycles. The standard InChI is InChI=1S/C28H23BrClF3O5/c1-35-24-13-18-7-9-20(22(18)15-25(24)38-28(31,32)33)27(34)26(29)21-10-8-19(30)14-23(21)37-12-11-36-16-17-5-3-2-4-6-17/h2-6,8-10,13-15,26H,7,11-12,16H2,1H3. The number of benzene rings is 3. The highest BCUT2D eigenvalue weighted by Crippen LogP contribution is 2.43. The highest BCUT2D eigenvalue weighted by atomic mass is 79.9. The van der Waals surface area contributed by atoms with Gasteiger partial charge in [-0.1, -0.05) is 70.0 Å². The van der Waals surface area contributed by atoms with Crippen molar-refractivity contribution < 1.29 is 36.9 Å². The van der Waals surface area contributed by atoms with Crippen molar-refractivity contribution in [2.24, 2.45) is 0 Å². The van der Waals surface area contributed by atoms with E-state index in [1.165, 1.54) is 19.2 Å². The van der Waals surface area contributed by atoms with Gasteiger partial charge in [0, 0.05) is 16.2 Å². The number of methoxy groups -OCH3 is 1. The van der Waals surface area contributed by atoms with Crippen LogP contribution in [0.15, 0.2) is 66.7 Å². The number of hydrogen-bond acceptors (Lipinski definition) is 5. The van der Waals surface area contributed by atoms with E-state index in [1.807, 2.05) is 30.3 Å². The van der Waals surface area contributed by atoms with Crippen LogP contribution in [0.25, 0.3) is 5.57 Å². The van der Waals surface area contributed by atoms with Crippen molar-refractivity contribution >= 4 is 38.9 Å². The summed E-state index contributed by atoms with van der Waals surface area (Å²) in [6, 6.07) is 17.2. The Hall–Kier alpha value is -3.01. The number of rotatable bonds is 11. The lowest BCUT2D eigenvalue weighted by Gasteiger charge is -2.18. The predicted octanol–water partition coefficient (Wildman–Crippen LogP) is 7.49. The molecule has 0 spiro atoms. The van der Waals surface area contributed by atoms with Crippen molar-refractivity contribution in [2.45, 2.75) is 24.2 Å². The summed E-state index contributed by atoms with van der Waals surface area (Å²) in [7, 11) is 1.25. The van der Waals surface area contributed by atoms with E-state index in [9.17, 15) is 18.0 Å². The largest absolute Gasteiger partial charge is 0.573 e. The van der Waals surface area contributed by atoms with Crippen LogP contribution in [0.2, 0.25) is 5.02 Å². The number of Topliss-reactive ketones (excluding diaryl/α,β-unsaturated/α-hetero) is 1. The molecule has 0 fully saturated rings. The molecule has 5 nitrogen and oxygen atoms in total. The van der Waals surface area contributed by atoms with Crippen LogP contribution in [0.1, 0.15) is 27.1 Å². The average Bonchev–Trinajstić information content (AvgIpc) is 3.29. The third-order valence-corrected chi connectivity index (χ3v) is 6.92. The maximum atomic E-state index is 13.5. The first-order valence-electron chi connectivity index (χ1n) is 11.6. The smallest absolute Gasteiger partial charge is 0.493 e. The molecule has 1 atom stereocenters. The molecule has 0 heterocycles. The number of carbonyl (C=O) groups is 1. The van der Waals surface area contributed by atoms with E-state index in [0.717, 1.165) is 5.56 Å². The van der Waals surface area contributed by atoms with Gasteiger partial charge in [0.15, 0.2) is 17.3 Å². The van der Waals surface area contributed by atoms with Gasteiger partial charge in [0.25, 0.3) is 0 Å². The fraction of sp³-hybridized carbons (Fsp3) is 0.250. The van der Waals surface area contributed by atoms with Gasteiger partial charge in [-0.2, -0.15) is 0 Å². The zero-order valence-electron chi connectivity index (χ0n) is 20.2. The van der Waals surface area contributed by atoms with Gasteiger partial charge in [0.2, 0.25) is 0 Å². The number of fused-ring (bicyclic) bond motifs is 1. The van der Waals surface area contributed by atoms with Gasteiger partial charge in [-0.3, -0.25) is 4.79 Å². The van der Waals surface area contributed by atoms with Crippen molar-refractivity contribution in [1.82, 2.24) is 0 Å². The molecule has 0 saturated heterocycles. The number of hydrogen-bond donors (Lipinski definition) is 0. The van der Waals surface area contributed by atoms with E-state index in [2.05, 4.69) is 20.7 Å². The van der Waals surface area contributed by atoms with E-state index < -0.39 is 16.9 Å². The Morgan fingerprint density at radius 3 is 2.50 bits per heavy atom. The first-order chi connectivity index (χ1) is 18.2. The molecular weight excluding hydrogens is 589 g/mol. The molecule has 200 valence electrons. The van der Waals surface area contributed by atoms with Gasteiger partial charge in [0.05, 0.1) is 20.3 Å². The Labute approximate surface area is 231 Å². The summed E-state index contributed by atoms with van der Waals surface area (Å²) in [6.07, 6.45) is -2.88. The molecule has 0 aromatic heterocycles. The Balaban J connectivity index is 1.48. The summed E-state index contributed by atoms with van der Waals surface area (Å²) >= 11 is 9.63. The lowest BCUT2D eigenvalue weighted by molar-refractivity contribution is -0.275. The molecule has 3 aromatic carbocycles. The molecule has 0 amide bonds. The molecule has 0 bridgehead atoms. The third kappa shape index (κ3) is 6.89. The second-order valence-corrected chi connectivity index (χ2v) is 9.68. The second-order valence-electron chi connectivity index (χ2n) is 8.33. The Morgan fingerprint density at radius 2 is 1.79 bits per heavy atom. The van der Waals surface area contributed by atoms with Crippen molar-refractivity contribution in [1.29, 1.82) is 0 Å². The molecule has 4 rings (SSSR count). The lowest BCUT2D eigenvalue weighted by Crippen LogP contribution is -2.18. The summed E-state index contributed by atoms with van der Waals surface area (Å²) in [5, 5.41) is 0.424. The van der Waals surface area contributed by atoms with Crippen LogP contribution in [0.5, 0.6) is 17.2 Å². The second kappa shape index (κ2) is 12.2. The minimum Gasteiger partial charge on any atom is -0.493 e. The summed E-state index contributed by atoms with van der Waals surface area (Å²) in [5.41, 5.74) is 2.84. The van der Waals surface area contributed by atoms with Gasteiger partial charge >= 0.3 is 6.36 Å². The topological polar surface area (TPSA) is 54.0 Å². The predicted molar refractivity (Wildman–Crippen MR) is 141 cm³/mol. The van der Waals surface area contributed by atoms with Gasteiger partial charge < -0.3 is 18.9 Å². The number of halogens is 5. The monoisotopic (exact) mass is 610 g/mol. The Morgan fingerprint density at radius 1 is 1.03 bits per heavy atom. The molecular formula is C28H23BrClF3O5. The SMILES string of the molecule is COc1cc2c(cc1OC(F)(F)F)C(C(=O)C(Br)c1ccc(Cl)cc1OCCOCc1ccccc1)=CC2. The molecule has 0 saturated carbocycles. The van der Waals surface area contributed by atoms with Crippen LogP contribution in [-0.4, -0.2) is 32.5 Å². The van der Waals surface area contributed by atoms with E-state index in [4.69, 9.17) is 25.8 Å². The van der Waals surface area contributed by atoms with Gasteiger partial charge in [-0.25, -0.2) is 0 Å². The molecule has 10 heteroatoms. The number of alkyl halides is 4. The van der Waals surface area contributed by atoms with E-state index in [-0.39, 0.29) is 23.7 Å². The molecule has 38 heavy (non-hydrogen) atoms. The van der Waals surface area contributed by atoms with Crippen molar-refractivity contribution in [2.75, 3.05) is 20.3 Å². The van der Waals surface area contributed by atoms with Crippen LogP contribution < -0.4 is 14.2 Å². The van der Waals surface area contributed by atoms with Crippen LogP contribution >= 0.6 is 27.5 Å².